The van der Waals surface area contributed by atoms with E-state index in [2.05, 4.69) is 5.32 Å². The molecule has 6 nitrogen and oxygen atoms in total. The molecule has 2 aliphatic rings. The predicted octanol–water partition coefficient (Wildman–Crippen LogP) is 3.70. The largest absolute Gasteiger partial charge is 0.454 e. The van der Waals surface area contributed by atoms with Gasteiger partial charge in [0.25, 0.3) is 11.7 Å². The minimum atomic E-state index is -2.50. The van der Waals surface area contributed by atoms with Crippen LogP contribution in [-0.2, 0) is 16.9 Å². The van der Waals surface area contributed by atoms with Crippen LogP contribution in [-0.4, -0.2) is 29.4 Å². The summed E-state index contributed by atoms with van der Waals surface area (Å²) in [5, 5.41) is 2.73. The number of benzene rings is 2. The Morgan fingerprint density at radius 1 is 1.14 bits per heavy atom. The highest BCUT2D eigenvalue weighted by Crippen LogP contribution is 2.38. The zero-order valence-corrected chi connectivity index (χ0v) is 15.6. The number of ether oxygens (including phenoxy) is 2. The van der Waals surface area contributed by atoms with Crippen molar-refractivity contribution in [3.63, 3.8) is 0 Å². The number of urea groups is 1. The van der Waals surface area contributed by atoms with E-state index in [4.69, 9.17) is 9.47 Å². The first-order chi connectivity index (χ1) is 13.4. The molecule has 1 fully saturated rings. The van der Waals surface area contributed by atoms with Crippen molar-refractivity contribution in [3.8, 4) is 11.5 Å². The van der Waals surface area contributed by atoms with Gasteiger partial charge < -0.3 is 14.8 Å². The Morgan fingerprint density at radius 2 is 1.86 bits per heavy atom. The number of imide groups is 1. The number of nitrogens with one attached hydrogen (secondary N) is 1. The van der Waals surface area contributed by atoms with E-state index >= 15 is 0 Å². The lowest BCUT2D eigenvalue weighted by Crippen LogP contribution is -2.40. The van der Waals surface area contributed by atoms with Crippen LogP contribution in [0.25, 0.3) is 0 Å². The molecular weight excluding hydrogens is 390 g/mol. The van der Waals surface area contributed by atoms with E-state index in [9.17, 15) is 18.4 Å². The summed E-state index contributed by atoms with van der Waals surface area (Å²) >= 11 is 0.442. The van der Waals surface area contributed by atoms with Crippen LogP contribution < -0.4 is 14.8 Å². The minimum absolute atomic E-state index is 0.0461. The molecule has 2 aliphatic heterocycles. The van der Waals surface area contributed by atoms with Gasteiger partial charge >= 0.3 is 6.03 Å². The third-order valence-electron chi connectivity index (χ3n) is 4.71. The van der Waals surface area contributed by atoms with E-state index in [0.717, 1.165) is 4.90 Å². The maximum absolute atomic E-state index is 13.0. The van der Waals surface area contributed by atoms with Crippen LogP contribution in [0.2, 0.25) is 0 Å². The Labute approximate surface area is 163 Å². The van der Waals surface area contributed by atoms with E-state index < -0.39 is 23.2 Å². The highest BCUT2D eigenvalue weighted by molar-refractivity contribution is 7.99. The van der Waals surface area contributed by atoms with Gasteiger partial charge in [-0.25, -0.2) is 4.79 Å². The molecule has 4 rings (SSSR count). The summed E-state index contributed by atoms with van der Waals surface area (Å²) in [6, 6.07) is 10.9. The normalized spacial score (nSPS) is 20.8. The Morgan fingerprint density at radius 3 is 2.57 bits per heavy atom. The van der Waals surface area contributed by atoms with Crippen LogP contribution in [0.4, 0.5) is 13.6 Å². The standard InChI is InChI=1S/C19H16F2N2O4S/c1-19(12-4-7-14-15(8-12)27-10-26-14)16(24)23(18(25)22-19)9-11-2-5-13(6-3-11)28-17(20)21/h2-8,17H,9-10H2,1H3,(H,22,25). The molecule has 146 valence electrons. The second-order valence-corrected chi connectivity index (χ2v) is 7.60. The number of carbonyl (C=O) groups excluding carboxylic acids is 2. The van der Waals surface area contributed by atoms with Gasteiger partial charge in [0.1, 0.15) is 5.54 Å². The van der Waals surface area contributed by atoms with Crippen LogP contribution >= 0.6 is 11.8 Å². The number of hydrogen-bond acceptors (Lipinski definition) is 5. The predicted molar refractivity (Wildman–Crippen MR) is 97.3 cm³/mol. The van der Waals surface area contributed by atoms with Gasteiger partial charge in [0.05, 0.1) is 6.54 Å². The number of hydrogen-bond donors (Lipinski definition) is 1. The maximum Gasteiger partial charge on any atom is 0.325 e. The maximum atomic E-state index is 13.0. The SMILES string of the molecule is CC1(c2ccc3c(c2)OCO3)NC(=O)N(Cc2ccc(SC(F)F)cc2)C1=O. The Balaban J connectivity index is 1.54. The molecule has 2 aromatic rings. The summed E-state index contributed by atoms with van der Waals surface area (Å²) in [5.74, 6) is -1.80. The lowest BCUT2D eigenvalue weighted by molar-refractivity contribution is -0.131. The highest BCUT2D eigenvalue weighted by Gasteiger charge is 2.49. The average molecular weight is 406 g/mol. The first-order valence-corrected chi connectivity index (χ1v) is 9.33. The van der Waals surface area contributed by atoms with Gasteiger partial charge in [-0.15, -0.1) is 0 Å². The number of thioether (sulfide) groups is 1. The molecule has 0 aromatic heterocycles. The second-order valence-electron chi connectivity index (χ2n) is 6.54. The first-order valence-electron chi connectivity index (χ1n) is 8.45. The highest BCUT2D eigenvalue weighted by atomic mass is 32.2. The van der Waals surface area contributed by atoms with E-state index in [1.165, 1.54) is 0 Å². The molecule has 1 N–H and O–H groups in total. The number of nitrogens with zero attached hydrogens (tertiary/aromatic N) is 1. The zero-order valence-electron chi connectivity index (χ0n) is 14.8. The fourth-order valence-corrected chi connectivity index (χ4v) is 3.70. The zero-order chi connectivity index (χ0) is 19.9. The molecule has 3 amide bonds. The van der Waals surface area contributed by atoms with Crippen LogP contribution in [0.15, 0.2) is 47.4 Å². The molecule has 1 saturated heterocycles. The molecule has 28 heavy (non-hydrogen) atoms. The van der Waals surface area contributed by atoms with Crippen molar-refractivity contribution < 1.29 is 27.8 Å². The lowest BCUT2D eigenvalue weighted by Gasteiger charge is -2.22. The summed E-state index contributed by atoms with van der Waals surface area (Å²) in [6.07, 6.45) is 0. The summed E-state index contributed by atoms with van der Waals surface area (Å²) < 4.78 is 35.5. The lowest BCUT2D eigenvalue weighted by atomic mass is 9.91. The third kappa shape index (κ3) is 3.26. The van der Waals surface area contributed by atoms with E-state index in [1.54, 1.807) is 49.4 Å². The van der Waals surface area contributed by atoms with Gasteiger partial charge in [-0.3, -0.25) is 9.69 Å². The Bertz CT molecular complexity index is 938. The number of halogens is 2. The van der Waals surface area contributed by atoms with Crippen LogP contribution in [0, 0.1) is 0 Å². The van der Waals surface area contributed by atoms with E-state index in [1.807, 2.05) is 0 Å². The fourth-order valence-electron chi connectivity index (χ4n) is 3.20. The van der Waals surface area contributed by atoms with Crippen molar-refractivity contribution in [3.05, 3.63) is 53.6 Å². The first kappa shape index (κ1) is 18.5. The number of rotatable bonds is 5. The van der Waals surface area contributed by atoms with Crippen molar-refractivity contribution >= 4 is 23.7 Å². The number of carbonyl (C=O) groups is 2. The summed E-state index contributed by atoms with van der Waals surface area (Å²) in [5.41, 5.74) is 0.0159. The van der Waals surface area contributed by atoms with Crippen molar-refractivity contribution in [2.24, 2.45) is 0 Å². The number of fused-ring (bicyclic) bond motifs is 1. The van der Waals surface area contributed by atoms with E-state index in [-0.39, 0.29) is 13.3 Å². The minimum Gasteiger partial charge on any atom is -0.454 e. The number of alkyl halides is 2. The molecule has 0 radical (unpaired) electrons. The van der Waals surface area contributed by atoms with Gasteiger partial charge in [0, 0.05) is 4.90 Å². The van der Waals surface area contributed by atoms with Gasteiger partial charge in [0.15, 0.2) is 11.5 Å². The quantitative estimate of drug-likeness (QED) is 0.606. The molecule has 2 heterocycles. The topological polar surface area (TPSA) is 67.9 Å². The van der Waals surface area contributed by atoms with Crippen molar-refractivity contribution in [1.29, 1.82) is 0 Å². The van der Waals surface area contributed by atoms with Gasteiger partial charge in [-0.1, -0.05) is 30.0 Å². The molecule has 1 unspecified atom stereocenters. The molecule has 0 saturated carbocycles. The van der Waals surface area contributed by atoms with E-state index in [0.29, 0.717) is 39.3 Å². The molecule has 0 aliphatic carbocycles. The second kappa shape index (κ2) is 6.97. The Kier molecular flexibility index (Phi) is 4.62. The monoisotopic (exact) mass is 406 g/mol. The van der Waals surface area contributed by atoms with Crippen LogP contribution in [0.3, 0.4) is 0 Å². The van der Waals surface area contributed by atoms with Gasteiger partial charge in [-0.2, -0.15) is 8.78 Å². The fraction of sp³-hybridized carbons (Fsp3) is 0.263. The van der Waals surface area contributed by atoms with Gasteiger partial charge in [0.2, 0.25) is 6.79 Å². The molecule has 0 bridgehead atoms. The van der Waals surface area contributed by atoms with Crippen LogP contribution in [0.5, 0.6) is 11.5 Å². The van der Waals surface area contributed by atoms with Crippen molar-refractivity contribution in [2.75, 3.05) is 6.79 Å². The smallest absolute Gasteiger partial charge is 0.325 e. The summed E-state index contributed by atoms with van der Waals surface area (Å²) in [6.45, 7) is 1.79. The number of amides is 3. The summed E-state index contributed by atoms with van der Waals surface area (Å²) in [4.78, 5) is 27.0. The molecule has 1 atom stereocenters. The van der Waals surface area contributed by atoms with Gasteiger partial charge in [-0.05, 0) is 42.3 Å². The summed E-state index contributed by atoms with van der Waals surface area (Å²) in [7, 11) is 0. The third-order valence-corrected chi connectivity index (χ3v) is 5.44. The average Bonchev–Trinajstić information content (AvgIpc) is 3.21. The van der Waals surface area contributed by atoms with Crippen molar-refractivity contribution in [1.82, 2.24) is 10.2 Å². The Hall–Kier alpha value is -2.81. The molecular formula is C19H16F2N2O4S. The molecule has 9 heteroatoms. The molecule has 0 spiro atoms. The molecule has 2 aromatic carbocycles. The van der Waals surface area contributed by atoms with Crippen LogP contribution in [0.1, 0.15) is 18.1 Å². The van der Waals surface area contributed by atoms with Crippen molar-refractivity contribution in [2.45, 2.75) is 29.7 Å².